The second-order valence-electron chi connectivity index (χ2n) is 6.06. The number of carbonyl (C=O) groups is 1. The molecule has 2 aromatic rings. The van der Waals surface area contributed by atoms with Gasteiger partial charge in [-0.25, -0.2) is 8.42 Å². The Bertz CT molecular complexity index is 947. The van der Waals surface area contributed by atoms with E-state index in [-0.39, 0.29) is 0 Å². The predicted molar refractivity (Wildman–Crippen MR) is 104 cm³/mol. The highest BCUT2D eigenvalue weighted by Crippen LogP contribution is 2.35. The van der Waals surface area contributed by atoms with Crippen LogP contribution >= 0.6 is 11.6 Å². The van der Waals surface area contributed by atoms with Gasteiger partial charge in [0.25, 0.3) is 0 Å². The fraction of sp³-hybridized carbons (Fsp3) is 0.278. The molecule has 0 radical (unpaired) electrons. The van der Waals surface area contributed by atoms with Gasteiger partial charge < -0.3 is 14.8 Å². The SMILES string of the molecule is C[C@@H](C(=O)Nc1ccc(Cl)cc1)N(c1ccc2c(c1)OCCO2)S(C)(=O)=O. The third kappa shape index (κ3) is 4.45. The predicted octanol–water partition coefficient (Wildman–Crippen LogP) is 2.90. The lowest BCUT2D eigenvalue weighted by molar-refractivity contribution is -0.116. The number of amides is 1. The van der Waals surface area contributed by atoms with Crippen LogP contribution in [0.15, 0.2) is 42.5 Å². The Morgan fingerprint density at radius 1 is 1.11 bits per heavy atom. The van der Waals surface area contributed by atoms with Crippen LogP contribution in [0, 0.1) is 0 Å². The number of hydrogen-bond donors (Lipinski definition) is 1. The lowest BCUT2D eigenvalue weighted by Gasteiger charge is -2.29. The van der Waals surface area contributed by atoms with E-state index in [0.717, 1.165) is 10.6 Å². The highest BCUT2D eigenvalue weighted by atomic mass is 35.5. The first-order valence-corrected chi connectivity index (χ1v) is 10.4. The van der Waals surface area contributed by atoms with E-state index in [4.69, 9.17) is 21.1 Å². The van der Waals surface area contributed by atoms with Gasteiger partial charge in [-0.15, -0.1) is 0 Å². The highest BCUT2D eigenvalue weighted by molar-refractivity contribution is 7.92. The van der Waals surface area contributed by atoms with Crippen molar-refractivity contribution < 1.29 is 22.7 Å². The molecule has 1 aliphatic rings. The molecule has 27 heavy (non-hydrogen) atoms. The summed E-state index contributed by atoms with van der Waals surface area (Å²) < 4.78 is 36.8. The summed E-state index contributed by atoms with van der Waals surface area (Å²) in [6.45, 7) is 2.33. The number of fused-ring (bicyclic) bond motifs is 1. The Balaban J connectivity index is 1.88. The number of benzene rings is 2. The monoisotopic (exact) mass is 410 g/mol. The van der Waals surface area contributed by atoms with Crippen LogP contribution in [0.5, 0.6) is 11.5 Å². The van der Waals surface area contributed by atoms with Crippen molar-refractivity contribution in [2.45, 2.75) is 13.0 Å². The van der Waals surface area contributed by atoms with Gasteiger partial charge in [0.05, 0.1) is 11.9 Å². The summed E-state index contributed by atoms with van der Waals surface area (Å²) in [6, 6.07) is 10.3. The minimum atomic E-state index is -3.73. The summed E-state index contributed by atoms with van der Waals surface area (Å²) in [6.07, 6.45) is 1.05. The molecule has 0 unspecified atom stereocenters. The van der Waals surface area contributed by atoms with Crippen molar-refractivity contribution >= 4 is 38.9 Å². The van der Waals surface area contributed by atoms with Crippen molar-refractivity contribution in [3.63, 3.8) is 0 Å². The van der Waals surface area contributed by atoms with Crippen LogP contribution in [0.25, 0.3) is 0 Å². The summed E-state index contributed by atoms with van der Waals surface area (Å²) in [5.41, 5.74) is 0.840. The maximum absolute atomic E-state index is 12.6. The number of hydrogen-bond acceptors (Lipinski definition) is 5. The second kappa shape index (κ2) is 7.66. The molecule has 1 heterocycles. The van der Waals surface area contributed by atoms with Gasteiger partial charge in [-0.05, 0) is 43.3 Å². The molecule has 9 heteroatoms. The second-order valence-corrected chi connectivity index (χ2v) is 8.35. The van der Waals surface area contributed by atoms with Crippen LogP contribution in [0.2, 0.25) is 5.02 Å². The van der Waals surface area contributed by atoms with Crippen molar-refractivity contribution in [1.29, 1.82) is 0 Å². The van der Waals surface area contributed by atoms with E-state index in [2.05, 4.69) is 5.32 Å². The maximum Gasteiger partial charge on any atom is 0.247 e. The Labute approximate surface area is 162 Å². The molecule has 0 saturated heterocycles. The van der Waals surface area contributed by atoms with E-state index in [1.54, 1.807) is 42.5 Å². The largest absolute Gasteiger partial charge is 0.486 e. The number of carbonyl (C=O) groups excluding carboxylic acids is 1. The molecule has 1 aliphatic heterocycles. The quantitative estimate of drug-likeness (QED) is 0.819. The summed E-state index contributed by atoms with van der Waals surface area (Å²) in [5.74, 6) is 0.507. The molecule has 0 aromatic heterocycles. The smallest absolute Gasteiger partial charge is 0.247 e. The van der Waals surface area contributed by atoms with Crippen molar-refractivity contribution in [2.75, 3.05) is 29.1 Å². The molecule has 1 amide bonds. The van der Waals surface area contributed by atoms with Crippen molar-refractivity contribution in [1.82, 2.24) is 0 Å². The fourth-order valence-corrected chi connectivity index (χ4v) is 4.05. The van der Waals surface area contributed by atoms with E-state index in [0.29, 0.717) is 41.1 Å². The summed E-state index contributed by atoms with van der Waals surface area (Å²) in [5, 5.41) is 3.23. The standard InChI is InChI=1S/C18H19ClN2O5S/c1-12(18(22)20-14-5-3-13(19)4-6-14)21(27(2,23)24)15-7-8-16-17(11-15)26-10-9-25-16/h3-8,11-12H,9-10H2,1-2H3,(H,20,22)/t12-/m0/s1. The minimum absolute atomic E-state index is 0.320. The van der Waals surface area contributed by atoms with E-state index in [1.165, 1.54) is 6.92 Å². The molecular formula is C18H19ClN2O5S. The number of nitrogens with one attached hydrogen (secondary N) is 1. The molecule has 1 N–H and O–H groups in total. The van der Waals surface area contributed by atoms with Gasteiger partial charge in [-0.2, -0.15) is 0 Å². The van der Waals surface area contributed by atoms with Gasteiger partial charge in [0, 0.05) is 16.8 Å². The average Bonchev–Trinajstić information content (AvgIpc) is 2.62. The number of sulfonamides is 1. The van der Waals surface area contributed by atoms with Crippen LogP contribution in [-0.4, -0.2) is 39.8 Å². The maximum atomic E-state index is 12.6. The van der Waals surface area contributed by atoms with Gasteiger partial charge in [0.1, 0.15) is 19.3 Å². The third-order valence-electron chi connectivity index (χ3n) is 3.98. The van der Waals surface area contributed by atoms with Crippen molar-refractivity contribution in [2.24, 2.45) is 0 Å². The third-order valence-corrected chi connectivity index (χ3v) is 5.47. The summed E-state index contributed by atoms with van der Waals surface area (Å²) in [4.78, 5) is 12.6. The van der Waals surface area contributed by atoms with Gasteiger partial charge in [-0.3, -0.25) is 9.10 Å². The normalized spacial score (nSPS) is 14.3. The molecule has 7 nitrogen and oxygen atoms in total. The first-order chi connectivity index (χ1) is 12.8. The molecule has 0 spiro atoms. The first kappa shape index (κ1) is 19.3. The number of anilines is 2. The van der Waals surface area contributed by atoms with E-state index in [9.17, 15) is 13.2 Å². The number of ether oxygens (including phenoxy) is 2. The zero-order valence-corrected chi connectivity index (χ0v) is 16.4. The van der Waals surface area contributed by atoms with E-state index in [1.807, 2.05) is 0 Å². The van der Waals surface area contributed by atoms with Crippen LogP contribution in [-0.2, 0) is 14.8 Å². The van der Waals surface area contributed by atoms with Gasteiger partial charge in [0.15, 0.2) is 11.5 Å². The molecule has 0 bridgehead atoms. The van der Waals surface area contributed by atoms with E-state index >= 15 is 0 Å². The molecule has 144 valence electrons. The van der Waals surface area contributed by atoms with Crippen molar-refractivity contribution in [3.8, 4) is 11.5 Å². The van der Waals surface area contributed by atoms with Crippen LogP contribution < -0.4 is 19.1 Å². The highest BCUT2D eigenvalue weighted by Gasteiger charge is 2.30. The van der Waals surface area contributed by atoms with Crippen molar-refractivity contribution in [3.05, 3.63) is 47.5 Å². The number of rotatable bonds is 5. The van der Waals surface area contributed by atoms with Crippen LogP contribution in [0.3, 0.4) is 0 Å². The Kier molecular flexibility index (Phi) is 5.48. The van der Waals surface area contributed by atoms with Gasteiger partial charge >= 0.3 is 0 Å². The summed E-state index contributed by atoms with van der Waals surface area (Å²) >= 11 is 5.84. The molecule has 1 atom stereocenters. The first-order valence-electron chi connectivity index (χ1n) is 8.21. The molecule has 2 aromatic carbocycles. The topological polar surface area (TPSA) is 84.9 Å². The minimum Gasteiger partial charge on any atom is -0.486 e. The Morgan fingerprint density at radius 2 is 1.74 bits per heavy atom. The molecule has 3 rings (SSSR count). The average molecular weight is 411 g/mol. The molecule has 0 fully saturated rings. The van der Waals surface area contributed by atoms with Crippen LogP contribution in [0.4, 0.5) is 11.4 Å². The Morgan fingerprint density at radius 3 is 2.37 bits per heavy atom. The van der Waals surface area contributed by atoms with Gasteiger partial charge in [0.2, 0.25) is 15.9 Å². The lowest BCUT2D eigenvalue weighted by Crippen LogP contribution is -2.45. The fourth-order valence-electron chi connectivity index (χ4n) is 2.76. The lowest BCUT2D eigenvalue weighted by atomic mass is 10.2. The molecule has 0 saturated carbocycles. The van der Waals surface area contributed by atoms with Crippen LogP contribution in [0.1, 0.15) is 6.92 Å². The van der Waals surface area contributed by atoms with E-state index < -0.39 is 22.0 Å². The Hall–Kier alpha value is -2.45. The van der Waals surface area contributed by atoms with Gasteiger partial charge in [-0.1, -0.05) is 11.6 Å². The summed E-state index contributed by atoms with van der Waals surface area (Å²) in [7, 11) is -3.73. The number of halogens is 1. The molecule has 0 aliphatic carbocycles. The number of nitrogens with zero attached hydrogens (tertiary/aromatic N) is 1. The molecular weight excluding hydrogens is 392 g/mol. The zero-order valence-electron chi connectivity index (χ0n) is 14.8. The zero-order chi connectivity index (χ0) is 19.6.